The quantitative estimate of drug-likeness (QED) is 0.811. The second-order valence-corrected chi connectivity index (χ2v) is 6.95. The fourth-order valence-electron chi connectivity index (χ4n) is 3.00. The predicted octanol–water partition coefficient (Wildman–Crippen LogP) is 3.99. The van der Waals surface area contributed by atoms with Crippen molar-refractivity contribution in [3.05, 3.63) is 46.1 Å². The van der Waals surface area contributed by atoms with Crippen molar-refractivity contribution in [2.45, 2.75) is 32.4 Å². The smallest absolute Gasteiger partial charge is 0.228 e. The van der Waals surface area contributed by atoms with Gasteiger partial charge in [-0.3, -0.25) is 4.79 Å². The number of amides is 1. The largest absolute Gasteiger partial charge is 0.314 e. The molecule has 0 saturated carbocycles. The van der Waals surface area contributed by atoms with Crippen molar-refractivity contribution >= 4 is 47.3 Å². The zero-order valence-electron chi connectivity index (χ0n) is 13.8. The van der Waals surface area contributed by atoms with Crippen molar-refractivity contribution in [1.29, 1.82) is 0 Å². The van der Waals surface area contributed by atoms with Gasteiger partial charge in [-0.1, -0.05) is 29.3 Å². The lowest BCUT2D eigenvalue weighted by Gasteiger charge is -2.27. The number of benzene rings is 1. The lowest BCUT2D eigenvalue weighted by Crippen LogP contribution is -2.40. The molecule has 2 atom stereocenters. The molecule has 136 valence electrons. The Bertz CT molecular complexity index is 714. The Morgan fingerprint density at radius 2 is 2.08 bits per heavy atom. The molecule has 0 radical (unpaired) electrons. The molecule has 0 aliphatic carbocycles. The van der Waals surface area contributed by atoms with Crippen LogP contribution in [0.25, 0.3) is 0 Å². The van der Waals surface area contributed by atoms with Crippen molar-refractivity contribution in [3.63, 3.8) is 0 Å². The van der Waals surface area contributed by atoms with E-state index in [4.69, 9.17) is 23.2 Å². The van der Waals surface area contributed by atoms with Gasteiger partial charge in [0, 0.05) is 33.6 Å². The second-order valence-electron chi connectivity index (χ2n) is 6.14. The molecule has 8 heteroatoms. The molecule has 2 heterocycles. The molecule has 1 aliphatic rings. The van der Waals surface area contributed by atoms with E-state index in [1.807, 2.05) is 0 Å². The molecule has 25 heavy (non-hydrogen) atoms. The molecule has 1 aliphatic heterocycles. The van der Waals surface area contributed by atoms with E-state index in [2.05, 4.69) is 22.7 Å². The Balaban J connectivity index is 0.00000225. The normalized spacial score (nSPS) is 20.0. The van der Waals surface area contributed by atoms with Gasteiger partial charge >= 0.3 is 0 Å². The van der Waals surface area contributed by atoms with E-state index in [1.54, 1.807) is 35.1 Å². The fourth-order valence-corrected chi connectivity index (χ4v) is 3.51. The summed E-state index contributed by atoms with van der Waals surface area (Å²) in [6.07, 6.45) is 3.35. The molecular formula is C17H21Cl3N4O. The number of nitrogens with one attached hydrogen (secondary N) is 2. The Morgan fingerprint density at radius 3 is 2.76 bits per heavy atom. The van der Waals surface area contributed by atoms with Gasteiger partial charge in [-0.25, -0.2) is 4.68 Å². The zero-order chi connectivity index (χ0) is 17.1. The van der Waals surface area contributed by atoms with Crippen LogP contribution in [-0.4, -0.2) is 28.3 Å². The minimum atomic E-state index is 0. The van der Waals surface area contributed by atoms with Gasteiger partial charge in [0.25, 0.3) is 0 Å². The van der Waals surface area contributed by atoms with Crippen molar-refractivity contribution in [1.82, 2.24) is 15.1 Å². The molecule has 1 amide bonds. The number of anilines is 1. The van der Waals surface area contributed by atoms with Gasteiger partial charge in [0.2, 0.25) is 5.91 Å². The number of carbonyl (C=O) groups is 1. The number of hydrogen-bond donors (Lipinski definition) is 2. The third kappa shape index (κ3) is 4.88. The average Bonchev–Trinajstić information content (AvgIpc) is 2.98. The Morgan fingerprint density at radius 1 is 1.36 bits per heavy atom. The van der Waals surface area contributed by atoms with E-state index < -0.39 is 0 Å². The summed E-state index contributed by atoms with van der Waals surface area (Å²) in [6.45, 7) is 3.38. The summed E-state index contributed by atoms with van der Waals surface area (Å²) in [5.41, 5.74) is 0.788. The molecule has 1 aromatic heterocycles. The topological polar surface area (TPSA) is 59.0 Å². The van der Waals surface area contributed by atoms with Gasteiger partial charge in [-0.2, -0.15) is 5.10 Å². The Kier molecular flexibility index (Phi) is 7.14. The molecule has 1 aromatic carbocycles. The lowest BCUT2D eigenvalue weighted by atomic mass is 9.92. The van der Waals surface area contributed by atoms with Crippen LogP contribution < -0.4 is 10.6 Å². The first kappa shape index (κ1) is 20.0. The molecular weight excluding hydrogens is 383 g/mol. The Hall–Kier alpha value is -1.27. The zero-order valence-corrected chi connectivity index (χ0v) is 16.2. The first-order chi connectivity index (χ1) is 11.5. The van der Waals surface area contributed by atoms with E-state index in [1.165, 1.54) is 0 Å². The van der Waals surface area contributed by atoms with Gasteiger partial charge in [0.05, 0.1) is 12.7 Å². The molecule has 2 N–H and O–H groups in total. The van der Waals surface area contributed by atoms with Gasteiger partial charge < -0.3 is 10.6 Å². The fraction of sp³-hybridized carbons (Fsp3) is 0.412. The third-order valence-electron chi connectivity index (χ3n) is 4.33. The van der Waals surface area contributed by atoms with Crippen LogP contribution in [0.2, 0.25) is 10.0 Å². The minimum Gasteiger partial charge on any atom is -0.314 e. The summed E-state index contributed by atoms with van der Waals surface area (Å²) < 4.78 is 1.70. The van der Waals surface area contributed by atoms with Crippen molar-refractivity contribution < 1.29 is 4.79 Å². The summed E-state index contributed by atoms with van der Waals surface area (Å²) in [6, 6.07) is 7.54. The maximum atomic E-state index is 12.5. The minimum absolute atomic E-state index is 0. The van der Waals surface area contributed by atoms with Gasteiger partial charge in [0.1, 0.15) is 5.82 Å². The SMILES string of the molecule is C[C@H]1C[C@@H](C(=O)Nc2ccnn2Cc2c(Cl)cccc2Cl)CCN1.Cl. The molecule has 0 spiro atoms. The van der Waals surface area contributed by atoms with E-state index in [-0.39, 0.29) is 24.2 Å². The number of aromatic nitrogens is 2. The summed E-state index contributed by atoms with van der Waals surface area (Å²) in [4.78, 5) is 12.5. The molecule has 2 aromatic rings. The molecule has 3 rings (SSSR count). The third-order valence-corrected chi connectivity index (χ3v) is 5.04. The van der Waals surface area contributed by atoms with Crippen molar-refractivity contribution in [2.24, 2.45) is 5.92 Å². The average molecular weight is 404 g/mol. The van der Waals surface area contributed by atoms with E-state index in [0.29, 0.717) is 28.4 Å². The molecule has 1 fully saturated rings. The highest BCUT2D eigenvalue weighted by Crippen LogP contribution is 2.26. The number of rotatable bonds is 4. The van der Waals surface area contributed by atoms with Crippen LogP contribution in [0, 0.1) is 5.92 Å². The molecule has 5 nitrogen and oxygen atoms in total. The van der Waals surface area contributed by atoms with Crippen molar-refractivity contribution in [3.8, 4) is 0 Å². The van der Waals surface area contributed by atoms with E-state index in [9.17, 15) is 4.79 Å². The molecule has 0 bridgehead atoms. The number of carbonyl (C=O) groups excluding carboxylic acids is 1. The number of halogens is 3. The highest BCUT2D eigenvalue weighted by Gasteiger charge is 2.25. The maximum absolute atomic E-state index is 12.5. The number of nitrogens with zero attached hydrogens (tertiary/aromatic N) is 2. The van der Waals surface area contributed by atoms with E-state index >= 15 is 0 Å². The first-order valence-electron chi connectivity index (χ1n) is 8.03. The predicted molar refractivity (Wildman–Crippen MR) is 104 cm³/mol. The maximum Gasteiger partial charge on any atom is 0.228 e. The highest BCUT2D eigenvalue weighted by atomic mass is 35.5. The lowest BCUT2D eigenvalue weighted by molar-refractivity contribution is -0.120. The van der Waals surface area contributed by atoms with E-state index in [0.717, 1.165) is 24.9 Å². The van der Waals surface area contributed by atoms with Crippen LogP contribution >= 0.6 is 35.6 Å². The second kappa shape index (κ2) is 8.90. The standard InChI is InChI=1S/C17H20Cl2N4O.ClH/c1-11-9-12(5-7-20-11)17(24)22-16-6-8-21-23(16)10-13-14(18)3-2-4-15(13)19;/h2-4,6,8,11-12,20H,5,7,9-10H2,1H3,(H,22,24);1H/t11-,12-;/m0./s1. The number of hydrogen-bond acceptors (Lipinski definition) is 3. The van der Waals surface area contributed by atoms with Crippen LogP contribution in [-0.2, 0) is 11.3 Å². The van der Waals surface area contributed by atoms with Gasteiger partial charge in [-0.05, 0) is 38.4 Å². The monoisotopic (exact) mass is 402 g/mol. The van der Waals surface area contributed by atoms with Gasteiger partial charge in [0.15, 0.2) is 0 Å². The number of piperidine rings is 1. The van der Waals surface area contributed by atoms with Crippen molar-refractivity contribution in [2.75, 3.05) is 11.9 Å². The van der Waals surface area contributed by atoms with Crippen LogP contribution in [0.3, 0.4) is 0 Å². The van der Waals surface area contributed by atoms with Gasteiger partial charge in [-0.15, -0.1) is 12.4 Å². The molecule has 0 unspecified atom stereocenters. The Labute approximate surface area is 163 Å². The highest BCUT2D eigenvalue weighted by molar-refractivity contribution is 6.35. The molecule has 1 saturated heterocycles. The van der Waals surface area contributed by atoms with Crippen LogP contribution in [0.4, 0.5) is 5.82 Å². The van der Waals surface area contributed by atoms with Crippen LogP contribution in [0.15, 0.2) is 30.5 Å². The first-order valence-corrected chi connectivity index (χ1v) is 8.79. The van der Waals surface area contributed by atoms with Crippen LogP contribution in [0.1, 0.15) is 25.3 Å². The summed E-state index contributed by atoms with van der Waals surface area (Å²) in [5.74, 6) is 0.714. The summed E-state index contributed by atoms with van der Waals surface area (Å²) >= 11 is 12.4. The summed E-state index contributed by atoms with van der Waals surface area (Å²) in [7, 11) is 0. The summed E-state index contributed by atoms with van der Waals surface area (Å²) in [5, 5.41) is 11.8. The van der Waals surface area contributed by atoms with Crippen LogP contribution in [0.5, 0.6) is 0 Å².